The van der Waals surface area contributed by atoms with Crippen LogP contribution in [-0.4, -0.2) is 33.1 Å². The summed E-state index contributed by atoms with van der Waals surface area (Å²) in [5.41, 5.74) is 1.12. The van der Waals surface area contributed by atoms with Crippen LogP contribution < -0.4 is 16.0 Å². The van der Waals surface area contributed by atoms with Crippen molar-refractivity contribution < 1.29 is 14.0 Å². The van der Waals surface area contributed by atoms with E-state index in [4.69, 9.17) is 0 Å². The molecule has 0 saturated heterocycles. The highest BCUT2D eigenvalue weighted by atomic mass is 19.1. The molecule has 0 aliphatic carbocycles. The van der Waals surface area contributed by atoms with Crippen LogP contribution in [0.15, 0.2) is 48.7 Å². The quantitative estimate of drug-likeness (QED) is 0.650. The van der Waals surface area contributed by atoms with Gasteiger partial charge < -0.3 is 16.0 Å². The van der Waals surface area contributed by atoms with Gasteiger partial charge in [-0.3, -0.25) is 9.20 Å². The van der Waals surface area contributed by atoms with E-state index >= 15 is 0 Å². The summed E-state index contributed by atoms with van der Waals surface area (Å²) in [6, 6.07) is 9.92. The zero-order valence-corrected chi connectivity index (χ0v) is 13.9. The molecule has 134 valence electrons. The van der Waals surface area contributed by atoms with Gasteiger partial charge in [0.05, 0.1) is 12.6 Å². The van der Waals surface area contributed by atoms with Gasteiger partial charge >= 0.3 is 6.03 Å². The minimum absolute atomic E-state index is 0.226. The third-order valence-electron chi connectivity index (χ3n) is 3.61. The Balaban J connectivity index is 1.50. The third kappa shape index (κ3) is 4.12. The molecule has 9 heteroatoms. The third-order valence-corrected chi connectivity index (χ3v) is 3.61. The van der Waals surface area contributed by atoms with Crippen molar-refractivity contribution in [2.45, 2.75) is 13.0 Å². The van der Waals surface area contributed by atoms with Crippen LogP contribution in [-0.2, 0) is 4.79 Å². The van der Waals surface area contributed by atoms with E-state index in [1.807, 2.05) is 18.2 Å². The first-order chi connectivity index (χ1) is 12.5. The molecule has 0 aliphatic rings. The number of carbonyl (C=O) groups is 2. The normalized spacial score (nSPS) is 11.8. The number of rotatable bonds is 5. The summed E-state index contributed by atoms with van der Waals surface area (Å²) in [7, 11) is 0. The number of nitrogens with zero attached hydrogens (tertiary/aromatic N) is 3. The highest BCUT2D eigenvalue weighted by molar-refractivity contribution is 5.94. The van der Waals surface area contributed by atoms with Crippen LogP contribution in [0.3, 0.4) is 0 Å². The lowest BCUT2D eigenvalue weighted by Crippen LogP contribution is -2.41. The lowest BCUT2D eigenvalue weighted by molar-refractivity contribution is -0.115. The van der Waals surface area contributed by atoms with Gasteiger partial charge in [-0.05, 0) is 43.3 Å². The zero-order valence-electron chi connectivity index (χ0n) is 13.9. The van der Waals surface area contributed by atoms with Crippen LogP contribution in [0, 0.1) is 5.82 Å². The molecule has 0 fully saturated rings. The average Bonchev–Trinajstić information content (AvgIpc) is 3.06. The second-order valence-electron chi connectivity index (χ2n) is 5.59. The van der Waals surface area contributed by atoms with Crippen LogP contribution in [0.1, 0.15) is 18.8 Å². The van der Waals surface area contributed by atoms with Crippen LogP contribution in [0.25, 0.3) is 5.65 Å². The summed E-state index contributed by atoms with van der Waals surface area (Å²) in [5, 5.41) is 15.8. The molecule has 0 radical (unpaired) electrons. The standard InChI is InChI=1S/C17H17FN6O2/c1-11(16-23-22-14-4-2-3-9-24(14)16)20-17(26)19-10-15(25)21-13-7-5-12(18)6-8-13/h2-9,11H,10H2,1H3,(H,21,25)(H2,19,20,26)/t11-/m1/s1. The van der Waals surface area contributed by atoms with Gasteiger partial charge in [0.15, 0.2) is 11.5 Å². The van der Waals surface area contributed by atoms with Crippen molar-refractivity contribution in [3.63, 3.8) is 0 Å². The van der Waals surface area contributed by atoms with E-state index in [1.54, 1.807) is 17.5 Å². The summed E-state index contributed by atoms with van der Waals surface area (Å²) >= 11 is 0. The maximum atomic E-state index is 12.8. The van der Waals surface area contributed by atoms with Crippen molar-refractivity contribution in [3.05, 3.63) is 60.3 Å². The maximum absolute atomic E-state index is 12.8. The van der Waals surface area contributed by atoms with Crippen LogP contribution >= 0.6 is 0 Å². The first-order valence-electron chi connectivity index (χ1n) is 7.92. The van der Waals surface area contributed by atoms with Gasteiger partial charge in [0.25, 0.3) is 0 Å². The Hall–Kier alpha value is -3.49. The van der Waals surface area contributed by atoms with E-state index in [-0.39, 0.29) is 6.54 Å². The number of benzene rings is 1. The molecule has 2 heterocycles. The minimum Gasteiger partial charge on any atom is -0.329 e. The predicted molar refractivity (Wildman–Crippen MR) is 93.0 cm³/mol. The van der Waals surface area contributed by atoms with E-state index in [1.165, 1.54) is 24.3 Å². The van der Waals surface area contributed by atoms with Crippen LogP contribution in [0.4, 0.5) is 14.9 Å². The predicted octanol–water partition coefficient (Wildman–Crippen LogP) is 1.87. The number of halogens is 1. The van der Waals surface area contributed by atoms with E-state index in [0.29, 0.717) is 17.2 Å². The minimum atomic E-state index is -0.514. The zero-order chi connectivity index (χ0) is 18.5. The Kier molecular flexibility index (Phi) is 5.07. The smallest absolute Gasteiger partial charge is 0.315 e. The molecule has 3 amide bonds. The highest BCUT2D eigenvalue weighted by Gasteiger charge is 2.16. The van der Waals surface area contributed by atoms with Gasteiger partial charge in [0.2, 0.25) is 5.91 Å². The molecule has 3 rings (SSSR count). The van der Waals surface area contributed by atoms with Gasteiger partial charge in [-0.1, -0.05) is 6.07 Å². The van der Waals surface area contributed by atoms with Crippen molar-refractivity contribution in [3.8, 4) is 0 Å². The second-order valence-corrected chi connectivity index (χ2v) is 5.59. The molecule has 0 bridgehead atoms. The van der Waals surface area contributed by atoms with Gasteiger partial charge in [-0.2, -0.15) is 0 Å². The average molecular weight is 356 g/mol. The topological polar surface area (TPSA) is 100 Å². The van der Waals surface area contributed by atoms with E-state index in [9.17, 15) is 14.0 Å². The number of carbonyl (C=O) groups excluding carboxylic acids is 2. The molecule has 8 nitrogen and oxygen atoms in total. The highest BCUT2D eigenvalue weighted by Crippen LogP contribution is 2.11. The molecule has 0 saturated carbocycles. The van der Waals surface area contributed by atoms with Gasteiger partial charge in [0.1, 0.15) is 5.82 Å². The fraction of sp³-hybridized carbons (Fsp3) is 0.176. The van der Waals surface area contributed by atoms with E-state index in [0.717, 1.165) is 0 Å². The van der Waals surface area contributed by atoms with Gasteiger partial charge in [0, 0.05) is 11.9 Å². The molecule has 2 aromatic heterocycles. The molecule has 26 heavy (non-hydrogen) atoms. The van der Waals surface area contributed by atoms with E-state index < -0.39 is 23.8 Å². The van der Waals surface area contributed by atoms with E-state index in [2.05, 4.69) is 26.1 Å². The first-order valence-corrected chi connectivity index (χ1v) is 7.92. The molecule has 1 aromatic carbocycles. The fourth-order valence-corrected chi connectivity index (χ4v) is 2.37. The Morgan fingerprint density at radius 2 is 1.92 bits per heavy atom. The SMILES string of the molecule is C[C@@H](NC(=O)NCC(=O)Nc1ccc(F)cc1)c1nnc2ccccn12. The number of urea groups is 1. The monoisotopic (exact) mass is 356 g/mol. The number of amides is 3. The lowest BCUT2D eigenvalue weighted by atomic mass is 10.3. The molecular formula is C17H17FN6O2. The van der Waals surface area contributed by atoms with Gasteiger partial charge in [-0.15, -0.1) is 10.2 Å². The molecular weight excluding hydrogens is 339 g/mol. The van der Waals surface area contributed by atoms with Crippen LogP contribution in [0.2, 0.25) is 0 Å². The number of anilines is 1. The number of aromatic nitrogens is 3. The molecule has 0 spiro atoms. The van der Waals surface area contributed by atoms with Crippen molar-refractivity contribution in [2.24, 2.45) is 0 Å². The summed E-state index contributed by atoms with van der Waals surface area (Å²) in [6.45, 7) is 1.54. The lowest BCUT2D eigenvalue weighted by Gasteiger charge is -2.13. The number of pyridine rings is 1. The molecule has 0 aliphatic heterocycles. The molecule has 1 atom stereocenters. The number of hydrogen-bond donors (Lipinski definition) is 3. The summed E-state index contributed by atoms with van der Waals surface area (Å²) in [4.78, 5) is 23.8. The number of hydrogen-bond acceptors (Lipinski definition) is 4. The molecule has 3 N–H and O–H groups in total. The van der Waals surface area contributed by atoms with Crippen molar-refractivity contribution in [1.82, 2.24) is 25.2 Å². The van der Waals surface area contributed by atoms with Crippen molar-refractivity contribution >= 4 is 23.3 Å². The Morgan fingerprint density at radius 3 is 2.69 bits per heavy atom. The number of fused-ring (bicyclic) bond motifs is 1. The first kappa shape index (κ1) is 17.3. The Bertz CT molecular complexity index is 924. The number of nitrogens with one attached hydrogen (secondary N) is 3. The van der Waals surface area contributed by atoms with Gasteiger partial charge in [-0.25, -0.2) is 9.18 Å². The Morgan fingerprint density at radius 1 is 1.15 bits per heavy atom. The van der Waals surface area contributed by atoms with Crippen LogP contribution in [0.5, 0.6) is 0 Å². The fourth-order valence-electron chi connectivity index (χ4n) is 2.37. The summed E-state index contributed by atoms with van der Waals surface area (Å²) in [5.74, 6) is -0.241. The molecule has 0 unspecified atom stereocenters. The summed E-state index contributed by atoms with van der Waals surface area (Å²) < 4.78 is 14.6. The maximum Gasteiger partial charge on any atom is 0.315 e. The Labute approximate surface area is 148 Å². The van der Waals surface area contributed by atoms with Crippen molar-refractivity contribution in [1.29, 1.82) is 0 Å². The second kappa shape index (κ2) is 7.60. The largest absolute Gasteiger partial charge is 0.329 e. The summed E-state index contributed by atoms with van der Waals surface area (Å²) in [6.07, 6.45) is 1.80. The van der Waals surface area contributed by atoms with Crippen molar-refractivity contribution in [2.75, 3.05) is 11.9 Å². The molecule has 3 aromatic rings.